The highest BCUT2D eigenvalue weighted by molar-refractivity contribution is 5.78. The van der Waals surface area contributed by atoms with Crippen molar-refractivity contribution in [1.29, 1.82) is 0 Å². The van der Waals surface area contributed by atoms with Gasteiger partial charge in [-0.2, -0.15) is 0 Å². The molecule has 2 aromatic rings. The Kier molecular flexibility index (Phi) is 5.74. The number of rotatable bonds is 6. The molecule has 0 aliphatic carbocycles. The summed E-state index contributed by atoms with van der Waals surface area (Å²) >= 11 is 0. The maximum atomic E-state index is 12.4. The van der Waals surface area contributed by atoms with E-state index in [4.69, 9.17) is 0 Å². The summed E-state index contributed by atoms with van der Waals surface area (Å²) in [6.45, 7) is 6.42. The van der Waals surface area contributed by atoms with Gasteiger partial charge in [-0.05, 0) is 32.3 Å². The van der Waals surface area contributed by atoms with E-state index in [0.29, 0.717) is 25.9 Å². The number of hydrogen-bond donors (Lipinski definition) is 2. The first-order valence-electron chi connectivity index (χ1n) is 9.20. The van der Waals surface area contributed by atoms with Crippen LogP contribution in [0.3, 0.4) is 0 Å². The molecule has 1 aromatic heterocycles. The van der Waals surface area contributed by atoms with Crippen LogP contribution in [0.25, 0.3) is 0 Å². The van der Waals surface area contributed by atoms with Crippen LogP contribution in [0.4, 0.5) is 0 Å². The predicted molar refractivity (Wildman–Crippen MR) is 101 cm³/mol. The Bertz CT molecular complexity index is 704. The highest BCUT2D eigenvalue weighted by atomic mass is 16.3. The van der Waals surface area contributed by atoms with Crippen LogP contribution in [0.5, 0.6) is 0 Å². The Balaban J connectivity index is 1.45. The molecule has 1 fully saturated rings. The summed E-state index contributed by atoms with van der Waals surface area (Å²) in [6.07, 6.45) is 6.63. The van der Waals surface area contributed by atoms with Gasteiger partial charge >= 0.3 is 0 Å². The largest absolute Gasteiger partial charge is 0.388 e. The summed E-state index contributed by atoms with van der Waals surface area (Å²) < 4.78 is 1.91. The quantitative estimate of drug-likeness (QED) is 0.829. The van der Waals surface area contributed by atoms with Gasteiger partial charge < -0.3 is 15.0 Å². The van der Waals surface area contributed by atoms with Crippen molar-refractivity contribution >= 4 is 5.91 Å². The van der Waals surface area contributed by atoms with Gasteiger partial charge in [-0.3, -0.25) is 9.69 Å². The zero-order chi connectivity index (χ0) is 18.6. The van der Waals surface area contributed by atoms with E-state index in [2.05, 4.69) is 46.4 Å². The van der Waals surface area contributed by atoms with Gasteiger partial charge in [-0.15, -0.1) is 0 Å². The molecule has 2 heterocycles. The van der Waals surface area contributed by atoms with E-state index >= 15 is 0 Å². The van der Waals surface area contributed by atoms with Gasteiger partial charge in [0.2, 0.25) is 5.91 Å². The fourth-order valence-corrected chi connectivity index (χ4v) is 3.43. The summed E-state index contributed by atoms with van der Waals surface area (Å²) in [5.41, 5.74) is 1.60. The van der Waals surface area contributed by atoms with Gasteiger partial charge in [0.1, 0.15) is 0 Å². The number of hydrogen-bond acceptors (Lipinski definition) is 4. The molecule has 1 unspecified atom stereocenters. The molecule has 0 saturated carbocycles. The second-order valence-electron chi connectivity index (χ2n) is 7.44. The van der Waals surface area contributed by atoms with Crippen LogP contribution in [-0.4, -0.2) is 50.7 Å². The van der Waals surface area contributed by atoms with E-state index in [9.17, 15) is 9.90 Å². The number of aromatic nitrogens is 2. The molecule has 6 nitrogen and oxygen atoms in total. The minimum Gasteiger partial charge on any atom is -0.388 e. The van der Waals surface area contributed by atoms with Crippen LogP contribution in [0.2, 0.25) is 0 Å². The van der Waals surface area contributed by atoms with Gasteiger partial charge in [0.25, 0.3) is 0 Å². The number of aliphatic hydroxyl groups is 1. The van der Waals surface area contributed by atoms with Crippen molar-refractivity contribution in [3.8, 4) is 0 Å². The second kappa shape index (κ2) is 8.01. The van der Waals surface area contributed by atoms with Gasteiger partial charge in [0.05, 0.1) is 31.1 Å². The van der Waals surface area contributed by atoms with Crippen LogP contribution < -0.4 is 5.32 Å². The lowest BCUT2D eigenvalue weighted by atomic mass is 9.91. The van der Waals surface area contributed by atoms with Crippen LogP contribution in [-0.2, 0) is 11.3 Å². The number of nitrogens with zero attached hydrogens (tertiary/aromatic N) is 3. The Labute approximate surface area is 154 Å². The number of aryl methyl sites for hydroxylation is 1. The number of carbonyl (C=O) groups is 1. The van der Waals surface area contributed by atoms with E-state index < -0.39 is 5.60 Å². The van der Waals surface area contributed by atoms with Crippen molar-refractivity contribution in [2.24, 2.45) is 0 Å². The Morgan fingerprint density at radius 3 is 2.62 bits per heavy atom. The smallest absolute Gasteiger partial charge is 0.234 e. The van der Waals surface area contributed by atoms with Crippen LogP contribution >= 0.6 is 0 Å². The third kappa shape index (κ3) is 4.93. The molecule has 2 N–H and O–H groups in total. The Morgan fingerprint density at radius 2 is 2.00 bits per heavy atom. The van der Waals surface area contributed by atoms with E-state index in [1.54, 1.807) is 12.5 Å². The van der Waals surface area contributed by atoms with Gasteiger partial charge in [-0.25, -0.2) is 4.98 Å². The van der Waals surface area contributed by atoms with Gasteiger partial charge in [0.15, 0.2) is 0 Å². The van der Waals surface area contributed by atoms with Crippen molar-refractivity contribution in [2.45, 2.75) is 44.9 Å². The summed E-state index contributed by atoms with van der Waals surface area (Å²) in [4.78, 5) is 18.5. The molecule has 1 aliphatic rings. The average molecular weight is 356 g/mol. The lowest BCUT2D eigenvalue weighted by Crippen LogP contribution is -2.49. The van der Waals surface area contributed by atoms with E-state index in [0.717, 1.165) is 18.7 Å². The Morgan fingerprint density at radius 1 is 1.31 bits per heavy atom. The SMILES string of the molecule is Cc1ccc(C(C)NC(=O)CN2CCC(O)(Cn3ccnc3)CC2)cc1. The first kappa shape index (κ1) is 18.6. The minimum atomic E-state index is -0.719. The summed E-state index contributed by atoms with van der Waals surface area (Å²) in [5.74, 6) is 0.0260. The Hall–Kier alpha value is -2.18. The average Bonchev–Trinajstić information content (AvgIpc) is 3.10. The van der Waals surface area contributed by atoms with Gasteiger partial charge in [0, 0.05) is 25.5 Å². The molecular weight excluding hydrogens is 328 g/mol. The topological polar surface area (TPSA) is 70.4 Å². The number of benzene rings is 1. The first-order valence-corrected chi connectivity index (χ1v) is 9.20. The number of imidazole rings is 1. The van der Waals surface area contributed by atoms with Crippen molar-refractivity contribution in [3.05, 3.63) is 54.1 Å². The third-order valence-corrected chi connectivity index (χ3v) is 5.14. The lowest BCUT2D eigenvalue weighted by Gasteiger charge is -2.38. The number of carbonyl (C=O) groups excluding carboxylic acids is 1. The zero-order valence-electron chi connectivity index (χ0n) is 15.6. The molecule has 26 heavy (non-hydrogen) atoms. The zero-order valence-corrected chi connectivity index (χ0v) is 15.6. The molecule has 3 rings (SSSR count). The van der Waals surface area contributed by atoms with E-state index in [1.165, 1.54) is 5.56 Å². The fraction of sp³-hybridized carbons (Fsp3) is 0.500. The highest BCUT2D eigenvalue weighted by Gasteiger charge is 2.33. The van der Waals surface area contributed by atoms with E-state index in [1.807, 2.05) is 17.7 Å². The van der Waals surface area contributed by atoms with Crippen LogP contribution in [0, 0.1) is 6.92 Å². The number of amides is 1. The predicted octanol–water partition coefficient (Wildman–Crippen LogP) is 1.90. The molecule has 1 amide bonds. The molecule has 1 saturated heterocycles. The molecule has 140 valence electrons. The molecule has 0 bridgehead atoms. The molecule has 1 atom stereocenters. The molecule has 1 aliphatic heterocycles. The maximum Gasteiger partial charge on any atom is 0.234 e. The molecule has 6 heteroatoms. The molecule has 1 aromatic carbocycles. The third-order valence-electron chi connectivity index (χ3n) is 5.14. The normalized spacial score (nSPS) is 18.4. The number of likely N-dealkylation sites (tertiary alicyclic amines) is 1. The first-order chi connectivity index (χ1) is 12.4. The van der Waals surface area contributed by atoms with Crippen molar-refractivity contribution in [2.75, 3.05) is 19.6 Å². The summed E-state index contributed by atoms with van der Waals surface area (Å²) in [7, 11) is 0. The van der Waals surface area contributed by atoms with Crippen molar-refractivity contribution in [1.82, 2.24) is 19.8 Å². The second-order valence-corrected chi connectivity index (χ2v) is 7.44. The van der Waals surface area contributed by atoms with Crippen LogP contribution in [0.15, 0.2) is 43.0 Å². The number of piperidine rings is 1. The molecule has 0 spiro atoms. The van der Waals surface area contributed by atoms with E-state index in [-0.39, 0.29) is 11.9 Å². The lowest BCUT2D eigenvalue weighted by molar-refractivity contribution is -0.124. The fourth-order valence-electron chi connectivity index (χ4n) is 3.43. The van der Waals surface area contributed by atoms with Gasteiger partial charge in [-0.1, -0.05) is 29.8 Å². The molecular formula is C20H28N4O2. The van der Waals surface area contributed by atoms with Crippen LogP contribution in [0.1, 0.15) is 36.9 Å². The summed E-state index contributed by atoms with van der Waals surface area (Å²) in [5, 5.41) is 13.8. The van der Waals surface area contributed by atoms with Crippen molar-refractivity contribution < 1.29 is 9.90 Å². The standard InChI is InChI=1S/C20H28N4O2/c1-16-3-5-18(6-4-16)17(2)22-19(25)13-23-10-7-20(26,8-11-23)14-24-12-9-21-15-24/h3-6,9,12,15,17,26H,7-8,10-11,13-14H2,1-2H3,(H,22,25). The highest BCUT2D eigenvalue weighted by Crippen LogP contribution is 2.24. The maximum absolute atomic E-state index is 12.4. The summed E-state index contributed by atoms with van der Waals surface area (Å²) in [6, 6.07) is 8.22. The number of nitrogens with one attached hydrogen (secondary N) is 1. The van der Waals surface area contributed by atoms with Crippen molar-refractivity contribution in [3.63, 3.8) is 0 Å². The monoisotopic (exact) mass is 356 g/mol. The minimum absolute atomic E-state index is 0.00827. The molecule has 0 radical (unpaired) electrons.